The van der Waals surface area contributed by atoms with Gasteiger partial charge in [0.25, 0.3) is 5.91 Å². The molecular weight excluding hydrogens is 408 g/mol. The van der Waals surface area contributed by atoms with Crippen molar-refractivity contribution in [3.63, 3.8) is 0 Å². The maximum absolute atomic E-state index is 13.4. The number of ether oxygens (including phenoxy) is 1. The molecule has 5 nitrogen and oxygen atoms in total. The molecule has 29 heavy (non-hydrogen) atoms. The first-order valence-corrected chi connectivity index (χ1v) is 10.4. The van der Waals surface area contributed by atoms with E-state index < -0.39 is 0 Å². The number of halogens is 1. The van der Waals surface area contributed by atoms with E-state index in [1.54, 1.807) is 41.5 Å². The zero-order valence-corrected chi connectivity index (χ0v) is 17.6. The molecule has 0 N–H and O–H groups in total. The number of rotatable bonds is 6. The average molecular weight is 427 g/mol. The van der Waals surface area contributed by atoms with Crippen molar-refractivity contribution >= 4 is 44.2 Å². The minimum absolute atomic E-state index is 0.160. The van der Waals surface area contributed by atoms with E-state index >= 15 is 0 Å². The number of carbonyl (C=O) groups is 1. The Morgan fingerprint density at radius 2 is 2.03 bits per heavy atom. The van der Waals surface area contributed by atoms with Crippen molar-refractivity contribution in [1.29, 1.82) is 0 Å². The van der Waals surface area contributed by atoms with Crippen LogP contribution in [0.25, 0.3) is 10.2 Å². The smallest absolute Gasteiger partial charge is 0.260 e. The summed E-state index contributed by atoms with van der Waals surface area (Å²) < 4.78 is 11.9. The molecule has 148 valence electrons. The highest BCUT2D eigenvalue weighted by Crippen LogP contribution is 2.34. The van der Waals surface area contributed by atoms with Crippen LogP contribution in [0.4, 0.5) is 5.13 Å². The van der Waals surface area contributed by atoms with Gasteiger partial charge in [-0.1, -0.05) is 22.9 Å². The van der Waals surface area contributed by atoms with Crippen LogP contribution in [0.15, 0.2) is 59.2 Å². The van der Waals surface area contributed by atoms with Gasteiger partial charge >= 0.3 is 0 Å². The van der Waals surface area contributed by atoms with Gasteiger partial charge in [-0.15, -0.1) is 0 Å². The van der Waals surface area contributed by atoms with Crippen molar-refractivity contribution in [2.45, 2.75) is 20.4 Å². The number of nitrogens with zero attached hydrogens (tertiary/aromatic N) is 2. The Balaban J connectivity index is 1.73. The first-order valence-electron chi connectivity index (χ1n) is 9.19. The number of hydrogen-bond donors (Lipinski definition) is 0. The number of furan rings is 1. The van der Waals surface area contributed by atoms with E-state index in [9.17, 15) is 4.79 Å². The molecule has 0 saturated carbocycles. The highest BCUT2D eigenvalue weighted by atomic mass is 35.5. The van der Waals surface area contributed by atoms with Crippen LogP contribution in [0.2, 0.25) is 5.02 Å². The lowest BCUT2D eigenvalue weighted by atomic mass is 10.2. The van der Waals surface area contributed by atoms with Gasteiger partial charge < -0.3 is 9.15 Å². The number of anilines is 1. The van der Waals surface area contributed by atoms with Crippen LogP contribution in [0.1, 0.15) is 28.6 Å². The van der Waals surface area contributed by atoms with E-state index in [1.165, 1.54) is 11.3 Å². The van der Waals surface area contributed by atoms with Gasteiger partial charge in [-0.05, 0) is 67.9 Å². The third-order valence-corrected chi connectivity index (χ3v) is 5.66. The fourth-order valence-corrected chi connectivity index (χ4v) is 4.48. The lowest BCUT2D eigenvalue weighted by molar-refractivity contribution is 0.0983. The number of thiazole rings is 1. The van der Waals surface area contributed by atoms with E-state index in [0.717, 1.165) is 21.5 Å². The summed E-state index contributed by atoms with van der Waals surface area (Å²) in [6, 6.07) is 14.5. The van der Waals surface area contributed by atoms with Crippen LogP contribution in [0, 0.1) is 6.92 Å². The number of hydrogen-bond acceptors (Lipinski definition) is 5. The maximum Gasteiger partial charge on any atom is 0.260 e. The Hall–Kier alpha value is -2.83. The lowest BCUT2D eigenvalue weighted by Crippen LogP contribution is -2.30. The molecule has 0 aliphatic carbocycles. The Morgan fingerprint density at radius 3 is 2.72 bits per heavy atom. The van der Waals surface area contributed by atoms with Crippen LogP contribution >= 0.6 is 22.9 Å². The molecule has 4 aromatic rings. The first-order chi connectivity index (χ1) is 14.0. The molecule has 2 aromatic heterocycles. The van der Waals surface area contributed by atoms with Crippen LogP contribution in [0.3, 0.4) is 0 Å². The standard InChI is InChI=1S/C22H19ClN2O3S/c1-3-27-17-8-6-15(7-9-17)21(26)25(13-18-5-4-10-28-18)22-24-20-14(2)11-16(23)12-19(20)29-22/h4-12H,3,13H2,1-2H3. The molecule has 1 amide bonds. The Labute approximate surface area is 177 Å². The average Bonchev–Trinajstić information content (AvgIpc) is 3.36. The van der Waals surface area contributed by atoms with E-state index in [-0.39, 0.29) is 12.5 Å². The second kappa shape index (κ2) is 8.27. The number of benzene rings is 2. The van der Waals surface area contributed by atoms with Gasteiger partial charge in [-0.2, -0.15) is 0 Å². The second-order valence-electron chi connectivity index (χ2n) is 6.49. The summed E-state index contributed by atoms with van der Waals surface area (Å²) in [5.41, 5.74) is 2.37. The monoisotopic (exact) mass is 426 g/mol. The molecule has 0 fully saturated rings. The van der Waals surface area contributed by atoms with Crippen molar-refractivity contribution in [3.05, 3.63) is 76.7 Å². The van der Waals surface area contributed by atoms with Crippen molar-refractivity contribution in [2.24, 2.45) is 0 Å². The number of aromatic nitrogens is 1. The van der Waals surface area contributed by atoms with Crippen molar-refractivity contribution < 1.29 is 13.9 Å². The summed E-state index contributed by atoms with van der Waals surface area (Å²) in [7, 11) is 0. The lowest BCUT2D eigenvalue weighted by Gasteiger charge is -2.19. The van der Waals surface area contributed by atoms with Crippen LogP contribution in [-0.4, -0.2) is 17.5 Å². The van der Waals surface area contributed by atoms with Gasteiger partial charge in [0.15, 0.2) is 5.13 Å². The summed E-state index contributed by atoms with van der Waals surface area (Å²) in [5.74, 6) is 1.25. The second-order valence-corrected chi connectivity index (χ2v) is 7.94. The molecule has 0 radical (unpaired) electrons. The minimum atomic E-state index is -0.160. The van der Waals surface area contributed by atoms with Crippen molar-refractivity contribution in [2.75, 3.05) is 11.5 Å². The predicted molar refractivity (Wildman–Crippen MR) is 116 cm³/mol. The molecule has 0 bridgehead atoms. The predicted octanol–water partition coefficient (Wildman–Crippen LogP) is 6.10. The highest BCUT2D eigenvalue weighted by molar-refractivity contribution is 7.22. The molecule has 0 spiro atoms. The van der Waals surface area contributed by atoms with Crippen LogP contribution in [-0.2, 0) is 6.54 Å². The minimum Gasteiger partial charge on any atom is -0.494 e. The molecule has 0 unspecified atom stereocenters. The summed E-state index contributed by atoms with van der Waals surface area (Å²) >= 11 is 7.63. The molecular formula is C22H19ClN2O3S. The van der Waals surface area contributed by atoms with Crippen LogP contribution < -0.4 is 9.64 Å². The highest BCUT2D eigenvalue weighted by Gasteiger charge is 2.23. The summed E-state index contributed by atoms with van der Waals surface area (Å²) in [5, 5.41) is 1.25. The first kappa shape index (κ1) is 19.5. The fourth-order valence-electron chi connectivity index (χ4n) is 3.06. The quantitative estimate of drug-likeness (QED) is 0.374. The van der Waals surface area contributed by atoms with Crippen molar-refractivity contribution in [3.8, 4) is 5.75 Å². The van der Waals surface area contributed by atoms with Gasteiger partial charge in [0, 0.05) is 10.6 Å². The molecule has 0 aliphatic heterocycles. The fraction of sp³-hybridized carbons (Fsp3) is 0.182. The number of aryl methyl sites for hydroxylation is 1. The summed E-state index contributed by atoms with van der Waals surface area (Å²) in [6.45, 7) is 4.74. The molecule has 0 atom stereocenters. The SMILES string of the molecule is CCOc1ccc(C(=O)N(Cc2ccco2)c2nc3c(C)cc(Cl)cc3s2)cc1. The maximum atomic E-state index is 13.4. The van der Waals surface area contributed by atoms with Gasteiger partial charge in [-0.3, -0.25) is 9.69 Å². The third-order valence-electron chi connectivity index (χ3n) is 4.42. The third kappa shape index (κ3) is 4.13. The van der Waals surface area contributed by atoms with Gasteiger partial charge in [0.05, 0.1) is 29.6 Å². The molecule has 0 saturated heterocycles. The normalized spacial score (nSPS) is 11.0. The Morgan fingerprint density at radius 1 is 1.24 bits per heavy atom. The number of fused-ring (bicyclic) bond motifs is 1. The van der Waals surface area contributed by atoms with Gasteiger partial charge in [-0.25, -0.2) is 4.98 Å². The molecule has 2 heterocycles. The zero-order chi connectivity index (χ0) is 20.4. The number of amides is 1. The van der Waals surface area contributed by atoms with Crippen LogP contribution in [0.5, 0.6) is 5.75 Å². The Bertz CT molecular complexity index is 1140. The van der Waals surface area contributed by atoms with E-state index in [0.29, 0.717) is 28.1 Å². The van der Waals surface area contributed by atoms with Gasteiger partial charge in [0.2, 0.25) is 0 Å². The van der Waals surface area contributed by atoms with E-state index in [1.807, 2.05) is 32.0 Å². The molecule has 4 rings (SSSR count). The number of carbonyl (C=O) groups excluding carboxylic acids is 1. The molecule has 2 aromatic carbocycles. The molecule has 0 aliphatic rings. The van der Waals surface area contributed by atoms with E-state index in [4.69, 9.17) is 25.7 Å². The largest absolute Gasteiger partial charge is 0.494 e. The topological polar surface area (TPSA) is 55.6 Å². The summed E-state index contributed by atoms with van der Waals surface area (Å²) in [6.07, 6.45) is 1.59. The Kier molecular flexibility index (Phi) is 5.56. The van der Waals surface area contributed by atoms with Crippen molar-refractivity contribution in [1.82, 2.24) is 4.98 Å². The molecule has 7 heteroatoms. The van der Waals surface area contributed by atoms with Gasteiger partial charge in [0.1, 0.15) is 11.5 Å². The summed E-state index contributed by atoms with van der Waals surface area (Å²) in [4.78, 5) is 19.7. The van der Waals surface area contributed by atoms with E-state index in [2.05, 4.69) is 0 Å². The zero-order valence-electron chi connectivity index (χ0n) is 16.0.